The third kappa shape index (κ3) is 7.43. The maximum atomic E-state index is 13.2. The van der Waals surface area contributed by atoms with Crippen molar-refractivity contribution in [3.05, 3.63) is 59.6 Å². The normalized spacial score (nSPS) is 29.0. The second-order valence-corrected chi connectivity index (χ2v) is 11.5. The quantitative estimate of drug-likeness (QED) is 0.107. The van der Waals surface area contributed by atoms with Gasteiger partial charge >= 0.3 is 23.9 Å². The van der Waals surface area contributed by atoms with Crippen molar-refractivity contribution < 1.29 is 48.4 Å². The first-order chi connectivity index (χ1) is 20.3. The molecule has 3 aliphatic rings. The highest BCUT2D eigenvalue weighted by atomic mass is 16.6. The van der Waals surface area contributed by atoms with Crippen LogP contribution in [0.3, 0.4) is 0 Å². The Morgan fingerprint density at radius 2 is 1.98 bits per heavy atom. The molecule has 2 bridgehead atoms. The van der Waals surface area contributed by atoms with Gasteiger partial charge in [0.05, 0.1) is 11.9 Å². The molecule has 1 unspecified atom stereocenters. The Labute approximate surface area is 250 Å². The van der Waals surface area contributed by atoms with E-state index >= 15 is 0 Å². The summed E-state index contributed by atoms with van der Waals surface area (Å²) in [6.45, 7) is 3.99. The second kappa shape index (κ2) is 14.2. The largest absolute Gasteiger partial charge is 0.480 e. The van der Waals surface area contributed by atoms with Crippen molar-refractivity contribution in [2.75, 3.05) is 6.54 Å². The predicted molar refractivity (Wildman–Crippen MR) is 154 cm³/mol. The Morgan fingerprint density at radius 1 is 1.23 bits per heavy atom. The van der Waals surface area contributed by atoms with Gasteiger partial charge in [0.2, 0.25) is 0 Å². The first-order valence-corrected chi connectivity index (χ1v) is 14.4. The van der Waals surface area contributed by atoms with Gasteiger partial charge < -0.3 is 40.7 Å². The van der Waals surface area contributed by atoms with Crippen LogP contribution in [0.15, 0.2) is 58.3 Å². The van der Waals surface area contributed by atoms with Gasteiger partial charge in [-0.05, 0) is 83.5 Å². The second-order valence-electron chi connectivity index (χ2n) is 11.5. The molecule has 4 rings (SSSR count). The third-order valence-corrected chi connectivity index (χ3v) is 8.71. The molecule has 0 amide bonds. The number of rotatable bonds is 11. The first kappa shape index (κ1) is 33.8. The zero-order valence-electron chi connectivity index (χ0n) is 24.6. The molecule has 1 aromatic heterocycles. The maximum Gasteiger partial charge on any atom is 0.334 e. The SMILES string of the molecule is C/C(=C\C=C\[C@@]1(C)OC(=O)[C@]23CC=C(C(=O)O)CC[C@]2(O)[C@H]1CC3)C(=O)OCc1ccco1.NCCCCC(N)C(=O)O. The van der Waals surface area contributed by atoms with Crippen LogP contribution >= 0.6 is 0 Å². The lowest BCUT2D eigenvalue weighted by atomic mass is 9.62. The van der Waals surface area contributed by atoms with Crippen molar-refractivity contribution in [2.24, 2.45) is 22.8 Å². The fraction of sp³-hybridized carbons (Fsp3) is 0.548. The number of aliphatic hydroxyl groups is 1. The molecule has 0 spiro atoms. The van der Waals surface area contributed by atoms with Crippen molar-refractivity contribution in [2.45, 2.75) is 89.1 Å². The molecule has 5 atom stereocenters. The topological polar surface area (TPSA) is 213 Å². The molecule has 1 saturated heterocycles. The number of unbranched alkanes of at least 4 members (excludes halogenated alkanes) is 1. The van der Waals surface area contributed by atoms with E-state index in [4.69, 9.17) is 30.5 Å². The number of ether oxygens (including phenoxy) is 2. The molecule has 1 aromatic rings. The fourth-order valence-electron chi connectivity index (χ4n) is 6.16. The van der Waals surface area contributed by atoms with Crippen LogP contribution in [0.1, 0.15) is 71.0 Å². The van der Waals surface area contributed by atoms with Gasteiger partial charge in [-0.1, -0.05) is 24.6 Å². The summed E-state index contributed by atoms with van der Waals surface area (Å²) < 4.78 is 16.2. The number of hydrogen-bond acceptors (Lipinski definition) is 10. The Kier molecular flexibility index (Phi) is 11.1. The van der Waals surface area contributed by atoms with E-state index in [9.17, 15) is 29.4 Å². The average Bonchev–Trinajstić information content (AvgIpc) is 3.51. The van der Waals surface area contributed by atoms with Gasteiger partial charge in [-0.3, -0.25) is 9.59 Å². The molecular formula is C31H42N2O10. The molecule has 0 aromatic carbocycles. The fourth-order valence-corrected chi connectivity index (χ4v) is 6.16. The highest BCUT2D eigenvalue weighted by molar-refractivity contribution is 5.88. The lowest BCUT2D eigenvalue weighted by Crippen LogP contribution is -2.63. The smallest absolute Gasteiger partial charge is 0.334 e. The number of allylic oxidation sites excluding steroid dienone is 3. The molecule has 2 aliphatic carbocycles. The van der Waals surface area contributed by atoms with E-state index in [1.54, 1.807) is 50.3 Å². The summed E-state index contributed by atoms with van der Waals surface area (Å²) in [4.78, 5) is 47.0. The number of nitrogens with two attached hydrogens (primary N) is 2. The van der Waals surface area contributed by atoms with Crippen molar-refractivity contribution in [1.82, 2.24) is 0 Å². The minimum absolute atomic E-state index is 0.0274. The van der Waals surface area contributed by atoms with E-state index < -0.39 is 46.5 Å². The summed E-state index contributed by atoms with van der Waals surface area (Å²) in [6, 6.07) is 2.70. The summed E-state index contributed by atoms with van der Waals surface area (Å²) in [5, 5.41) is 29.5. The van der Waals surface area contributed by atoms with E-state index in [0.29, 0.717) is 37.1 Å². The highest BCUT2D eigenvalue weighted by Crippen LogP contribution is 2.63. The summed E-state index contributed by atoms with van der Waals surface area (Å²) >= 11 is 0. The number of aliphatic carboxylic acids is 2. The molecule has 2 fully saturated rings. The van der Waals surface area contributed by atoms with Gasteiger partial charge in [-0.15, -0.1) is 0 Å². The zero-order valence-corrected chi connectivity index (χ0v) is 24.6. The molecule has 43 heavy (non-hydrogen) atoms. The third-order valence-electron chi connectivity index (χ3n) is 8.71. The lowest BCUT2D eigenvalue weighted by Gasteiger charge is -2.52. The number of carboxylic acids is 2. The van der Waals surface area contributed by atoms with Crippen LogP contribution in [0.5, 0.6) is 0 Å². The van der Waals surface area contributed by atoms with Gasteiger partial charge in [0, 0.05) is 17.1 Å². The molecule has 7 N–H and O–H groups in total. The zero-order chi connectivity index (χ0) is 31.8. The number of hydrogen-bond donors (Lipinski definition) is 5. The molecule has 236 valence electrons. The van der Waals surface area contributed by atoms with E-state index in [-0.39, 0.29) is 37.4 Å². The Morgan fingerprint density at radius 3 is 2.60 bits per heavy atom. The van der Waals surface area contributed by atoms with Crippen molar-refractivity contribution in [3.63, 3.8) is 0 Å². The molecule has 1 aliphatic heterocycles. The number of cyclic esters (lactones) is 1. The van der Waals surface area contributed by atoms with Crippen LogP contribution in [0.4, 0.5) is 0 Å². The average molecular weight is 603 g/mol. The summed E-state index contributed by atoms with van der Waals surface area (Å²) in [5.41, 5.74) is 7.42. The van der Waals surface area contributed by atoms with Crippen LogP contribution in [0.25, 0.3) is 0 Å². The molecular weight excluding hydrogens is 560 g/mol. The monoisotopic (exact) mass is 602 g/mol. The van der Waals surface area contributed by atoms with Crippen LogP contribution in [-0.2, 0) is 35.3 Å². The van der Waals surface area contributed by atoms with Crippen molar-refractivity contribution in [3.8, 4) is 0 Å². The Bertz CT molecular complexity index is 1270. The highest BCUT2D eigenvalue weighted by Gasteiger charge is 2.71. The number of carboxylic acid groups (broad SMARTS) is 2. The van der Waals surface area contributed by atoms with Crippen LogP contribution in [0.2, 0.25) is 0 Å². The molecule has 2 heterocycles. The molecule has 1 saturated carbocycles. The Hall–Kier alpha value is -3.74. The molecule has 12 nitrogen and oxygen atoms in total. The summed E-state index contributed by atoms with van der Waals surface area (Å²) in [7, 11) is 0. The van der Waals surface area contributed by atoms with Gasteiger partial charge in [0.25, 0.3) is 0 Å². The predicted octanol–water partition coefficient (Wildman–Crippen LogP) is 2.99. The minimum Gasteiger partial charge on any atom is -0.480 e. The number of carbonyl (C=O) groups is 4. The van der Waals surface area contributed by atoms with E-state index in [0.717, 1.165) is 12.8 Å². The molecule has 12 heteroatoms. The van der Waals surface area contributed by atoms with Crippen LogP contribution < -0.4 is 11.5 Å². The molecule has 0 radical (unpaired) electrons. The van der Waals surface area contributed by atoms with E-state index in [1.165, 1.54) is 6.26 Å². The number of furan rings is 1. The standard InChI is InChI=1S/C25H28O8.C6H14N2O2/c1-16(21(28)32-15-18-6-4-14-31-18)5-3-10-23(2)19-9-12-24(22(29)33-23)11-7-17(20(26)27)8-13-25(19,24)30;7-4-2-1-3-5(8)6(9)10/h3-7,10,14,19,30H,8-9,11-13,15H2,1-2H3,(H,26,27);5H,1-4,7-8H2,(H,9,10)/b10-3+,16-5+;/t19-,23+,24+,25-;/m0./s1. The number of carbonyl (C=O) groups excluding carboxylic acids is 2. The minimum atomic E-state index is -1.37. The van der Waals surface area contributed by atoms with E-state index in [2.05, 4.69) is 0 Å². The van der Waals surface area contributed by atoms with Gasteiger partial charge in [-0.2, -0.15) is 0 Å². The summed E-state index contributed by atoms with van der Waals surface area (Å²) in [6.07, 6.45) is 11.6. The van der Waals surface area contributed by atoms with Gasteiger partial charge in [-0.25, -0.2) is 9.59 Å². The lowest BCUT2D eigenvalue weighted by molar-refractivity contribution is -0.224. The van der Waals surface area contributed by atoms with Crippen LogP contribution in [0, 0.1) is 11.3 Å². The first-order valence-electron chi connectivity index (χ1n) is 14.4. The van der Waals surface area contributed by atoms with E-state index in [1.807, 2.05) is 0 Å². The van der Waals surface area contributed by atoms with Gasteiger partial charge in [0.1, 0.15) is 29.4 Å². The van der Waals surface area contributed by atoms with Crippen molar-refractivity contribution in [1.29, 1.82) is 0 Å². The van der Waals surface area contributed by atoms with Crippen molar-refractivity contribution >= 4 is 23.9 Å². The van der Waals surface area contributed by atoms with Crippen LogP contribution in [-0.4, -0.2) is 63.0 Å². The number of esters is 2. The summed E-state index contributed by atoms with van der Waals surface area (Å²) in [5.74, 6) is -2.82. The Balaban J connectivity index is 0.000000436. The maximum absolute atomic E-state index is 13.2. The van der Waals surface area contributed by atoms with Gasteiger partial charge in [0.15, 0.2) is 0 Å².